The van der Waals surface area contributed by atoms with E-state index < -0.39 is 11.5 Å². The van der Waals surface area contributed by atoms with Crippen molar-refractivity contribution < 1.29 is 27.5 Å². The molecule has 1 aliphatic rings. The zero-order chi connectivity index (χ0) is 30.8. The summed E-state index contributed by atoms with van der Waals surface area (Å²) in [5.74, 6) is -0.682. The Bertz CT molecular complexity index is 1590. The molecule has 2 aromatic heterocycles. The summed E-state index contributed by atoms with van der Waals surface area (Å²) in [6.45, 7) is 5.76. The number of benzene rings is 2. The summed E-state index contributed by atoms with van der Waals surface area (Å²) in [7, 11) is 1.00. The maximum absolute atomic E-state index is 14.4. The van der Waals surface area contributed by atoms with Gasteiger partial charge in [0, 0.05) is 18.7 Å². The average Bonchev–Trinajstić information content (AvgIpc) is 3.48. The second-order valence-electron chi connectivity index (χ2n) is 9.05. The molecule has 1 aliphatic heterocycles. The molecule has 13 heteroatoms. The molecule has 9 nitrogen and oxygen atoms in total. The quantitative estimate of drug-likeness (QED) is 0.288. The van der Waals surface area contributed by atoms with Gasteiger partial charge in [0.05, 0.1) is 40.7 Å². The van der Waals surface area contributed by atoms with Gasteiger partial charge in [-0.05, 0) is 42.7 Å². The largest absolute Gasteiger partial charge is 0.378 e. The van der Waals surface area contributed by atoms with Crippen LogP contribution in [0.15, 0.2) is 47.3 Å². The number of aryl methyl sites for hydroxylation is 1. The van der Waals surface area contributed by atoms with Gasteiger partial charge in [-0.3, -0.25) is 28.1 Å². The first kappa shape index (κ1) is 32.4. The van der Waals surface area contributed by atoms with E-state index in [2.05, 4.69) is 4.98 Å². The highest BCUT2D eigenvalue weighted by Gasteiger charge is 2.24. The number of ether oxygens (including phenoxy) is 1. The van der Waals surface area contributed by atoms with E-state index in [-0.39, 0.29) is 24.7 Å². The lowest BCUT2D eigenvalue weighted by Gasteiger charge is -2.25. The number of fused-ring (bicyclic) bond motifs is 1. The molecule has 2 aromatic carbocycles. The predicted octanol–water partition coefficient (Wildman–Crippen LogP) is 4.46. The van der Waals surface area contributed by atoms with E-state index >= 15 is 0 Å². The molecular weight excluding hydrogens is 571 g/mol. The lowest BCUT2D eigenvalue weighted by atomic mass is 10.1. The number of thiazole rings is 1. The summed E-state index contributed by atoms with van der Waals surface area (Å²) in [6, 6.07) is 11.7. The Labute approximate surface area is 245 Å². The number of anilines is 1. The van der Waals surface area contributed by atoms with Crippen molar-refractivity contribution in [2.75, 3.05) is 45.6 Å². The van der Waals surface area contributed by atoms with Crippen LogP contribution < -0.4 is 10.5 Å². The number of hydrogen-bond acceptors (Lipinski definition) is 8. The van der Waals surface area contributed by atoms with Crippen LogP contribution in [0.5, 0.6) is 0 Å². The molecular formula is C29H32F3N5O4S. The summed E-state index contributed by atoms with van der Waals surface area (Å²) < 4.78 is 40.9. The van der Waals surface area contributed by atoms with Crippen LogP contribution in [0.25, 0.3) is 10.3 Å². The number of hydrogen-bond donors (Lipinski definition) is 0. The first-order chi connectivity index (χ1) is 20.4. The van der Waals surface area contributed by atoms with Gasteiger partial charge in [-0.2, -0.15) is 4.98 Å². The van der Waals surface area contributed by atoms with E-state index in [1.165, 1.54) is 17.4 Å². The van der Waals surface area contributed by atoms with Crippen molar-refractivity contribution in [1.29, 1.82) is 0 Å². The van der Waals surface area contributed by atoms with Crippen LogP contribution in [-0.4, -0.2) is 72.4 Å². The predicted molar refractivity (Wildman–Crippen MR) is 156 cm³/mol. The lowest BCUT2D eigenvalue weighted by Crippen LogP contribution is -2.36. The third-order valence-corrected chi connectivity index (χ3v) is 7.75. The number of carbonyl (C=O) groups excluding carboxylic acids is 2. The van der Waals surface area contributed by atoms with Gasteiger partial charge in [0.2, 0.25) is 6.41 Å². The average molecular weight is 604 g/mol. The van der Waals surface area contributed by atoms with E-state index in [9.17, 15) is 27.6 Å². The number of halogens is 3. The van der Waals surface area contributed by atoms with Crippen molar-refractivity contribution in [3.8, 4) is 0 Å². The van der Waals surface area contributed by atoms with Crippen molar-refractivity contribution in [2.24, 2.45) is 0 Å². The van der Waals surface area contributed by atoms with E-state index in [1.807, 2.05) is 4.90 Å². The molecule has 0 N–H and O–H groups in total. The first-order valence-electron chi connectivity index (χ1n) is 12.9. The Kier molecular flexibility index (Phi) is 11.7. The molecule has 3 heterocycles. The Hall–Kier alpha value is -4.10. The molecule has 1 saturated heterocycles. The van der Waals surface area contributed by atoms with Gasteiger partial charge in [0.15, 0.2) is 10.8 Å². The molecule has 0 atom stereocenters. The number of carbonyl (C=O) groups is 2. The first-order valence-corrected chi connectivity index (χ1v) is 13.7. The number of morpholine rings is 1. The summed E-state index contributed by atoms with van der Waals surface area (Å²) in [5.41, 5.74) is 2.10. The molecule has 224 valence electrons. The van der Waals surface area contributed by atoms with Crippen molar-refractivity contribution in [3.05, 3.63) is 86.7 Å². The minimum atomic E-state index is -0.506. The summed E-state index contributed by atoms with van der Waals surface area (Å²) in [5, 5.41) is 0.660. The van der Waals surface area contributed by atoms with Gasteiger partial charge < -0.3 is 14.2 Å². The summed E-state index contributed by atoms with van der Waals surface area (Å²) in [4.78, 5) is 50.5. The van der Waals surface area contributed by atoms with Gasteiger partial charge in [-0.25, -0.2) is 9.37 Å². The molecule has 0 unspecified atom stereocenters. The second-order valence-corrected chi connectivity index (χ2v) is 10.0. The molecule has 0 bridgehead atoms. The molecule has 1 fully saturated rings. The number of nitrogens with zero attached hydrogens (tertiary/aromatic N) is 5. The normalized spacial score (nSPS) is 12.6. The number of rotatable bonds is 7. The third-order valence-electron chi connectivity index (χ3n) is 6.66. The number of alkyl halides is 2. The molecule has 0 spiro atoms. The van der Waals surface area contributed by atoms with Gasteiger partial charge in [0.1, 0.15) is 16.3 Å². The Morgan fingerprint density at radius 3 is 2.40 bits per heavy atom. The van der Waals surface area contributed by atoms with E-state index in [1.54, 1.807) is 54.8 Å². The van der Waals surface area contributed by atoms with Gasteiger partial charge in [-0.1, -0.05) is 41.7 Å². The van der Waals surface area contributed by atoms with Crippen LogP contribution in [0.3, 0.4) is 0 Å². The zero-order valence-corrected chi connectivity index (χ0v) is 24.6. The fourth-order valence-electron chi connectivity index (χ4n) is 4.42. The monoisotopic (exact) mass is 603 g/mol. The maximum atomic E-state index is 14.4. The van der Waals surface area contributed by atoms with Crippen LogP contribution in [-0.2, 0) is 22.6 Å². The van der Waals surface area contributed by atoms with Crippen LogP contribution in [0.4, 0.5) is 18.3 Å². The smallest absolute Gasteiger partial charge is 0.292 e. The maximum Gasteiger partial charge on any atom is 0.292 e. The van der Waals surface area contributed by atoms with Gasteiger partial charge >= 0.3 is 0 Å². The molecule has 5 rings (SSSR count). The number of amides is 2. The van der Waals surface area contributed by atoms with Crippen molar-refractivity contribution in [1.82, 2.24) is 19.4 Å². The van der Waals surface area contributed by atoms with Crippen LogP contribution in [0, 0.1) is 19.7 Å². The highest BCUT2D eigenvalue weighted by molar-refractivity contribution is 7.22. The van der Waals surface area contributed by atoms with Crippen molar-refractivity contribution >= 4 is 39.1 Å². The topological polar surface area (TPSA) is 97.6 Å². The van der Waals surface area contributed by atoms with Crippen molar-refractivity contribution in [3.63, 3.8) is 0 Å². The van der Waals surface area contributed by atoms with Crippen LogP contribution in [0.2, 0.25) is 0 Å². The van der Waals surface area contributed by atoms with Gasteiger partial charge in [0.25, 0.3) is 11.5 Å². The Morgan fingerprint density at radius 2 is 1.74 bits per heavy atom. The molecule has 4 aromatic rings. The SMILES string of the molecule is CF.CF.Cc1ccccc1C(=O)N(C=O)Cc1nc(=O)c2sc(N3CCOCC3)nc2n1Cc1cccc(F)c1C. The molecule has 42 heavy (non-hydrogen) atoms. The fourth-order valence-corrected chi connectivity index (χ4v) is 5.43. The van der Waals surface area contributed by atoms with E-state index in [0.29, 0.717) is 79.2 Å². The number of imide groups is 1. The zero-order valence-electron chi connectivity index (χ0n) is 23.8. The van der Waals surface area contributed by atoms with Crippen molar-refractivity contribution in [2.45, 2.75) is 26.9 Å². The molecule has 0 aliphatic carbocycles. The van der Waals surface area contributed by atoms with E-state index in [4.69, 9.17) is 9.72 Å². The standard InChI is InChI=1S/C27H26FN5O4S.2CH3F/c1-17-6-3-4-8-20(17)26(36)32(16-34)15-22-29-25(35)23-24(30-27(38-23)31-10-12-37-13-11-31)33(22)14-19-7-5-9-21(28)18(19)2;2*1-2/h3-9,16H,10-15H2,1-2H3;2*1H3. The summed E-state index contributed by atoms with van der Waals surface area (Å²) >= 11 is 1.24. The highest BCUT2D eigenvalue weighted by Crippen LogP contribution is 2.29. The fraction of sp³-hybridized carbons (Fsp3) is 0.345. The minimum absolute atomic E-state index is 0.153. The van der Waals surface area contributed by atoms with E-state index in [0.717, 1.165) is 10.5 Å². The molecule has 0 radical (unpaired) electrons. The Balaban J connectivity index is 0.00000116. The Morgan fingerprint density at radius 1 is 1.05 bits per heavy atom. The minimum Gasteiger partial charge on any atom is -0.378 e. The molecule has 0 saturated carbocycles. The summed E-state index contributed by atoms with van der Waals surface area (Å²) in [6.07, 6.45) is 0.434. The van der Waals surface area contributed by atoms with Crippen LogP contribution in [0.1, 0.15) is 32.9 Å². The lowest BCUT2D eigenvalue weighted by molar-refractivity contribution is -0.116. The van der Waals surface area contributed by atoms with Crippen LogP contribution >= 0.6 is 11.3 Å². The number of aromatic nitrogens is 3. The highest BCUT2D eigenvalue weighted by atomic mass is 32.1. The molecule has 2 amide bonds. The second kappa shape index (κ2) is 15.2. The third kappa shape index (κ3) is 7.02. The van der Waals surface area contributed by atoms with Gasteiger partial charge in [-0.15, -0.1) is 0 Å².